The van der Waals surface area contributed by atoms with Crippen molar-refractivity contribution < 1.29 is 13.3 Å². The smallest absolute Gasteiger partial charge is 0.377 e. The molecule has 5 heteroatoms. The molecular weight excluding hydrogens is 258 g/mol. The number of rotatable bonds is 6. The standard InChI is InChI=1S/C14H19NO3Si/c1-16-19(17-2,18-3)11-10-13-9-8-12-6-4-5-7-14(12)15-13/h4-9H,10-11H2,1-3H3. The Bertz CT molecular complexity index is 535. The van der Waals surface area contributed by atoms with Gasteiger partial charge >= 0.3 is 8.80 Å². The Balaban J connectivity index is 2.13. The fraction of sp³-hybridized carbons (Fsp3) is 0.357. The van der Waals surface area contributed by atoms with E-state index < -0.39 is 8.80 Å². The molecule has 1 heterocycles. The molecule has 0 spiro atoms. The first-order chi connectivity index (χ1) is 9.23. The van der Waals surface area contributed by atoms with Crippen LogP contribution in [0.15, 0.2) is 36.4 Å². The molecule has 0 bridgehead atoms. The van der Waals surface area contributed by atoms with Gasteiger partial charge < -0.3 is 13.3 Å². The maximum Gasteiger partial charge on any atom is 0.500 e. The van der Waals surface area contributed by atoms with E-state index in [9.17, 15) is 0 Å². The summed E-state index contributed by atoms with van der Waals surface area (Å²) < 4.78 is 16.2. The number of para-hydroxylation sites is 1. The van der Waals surface area contributed by atoms with Gasteiger partial charge in [-0.15, -0.1) is 0 Å². The molecule has 1 aromatic carbocycles. The summed E-state index contributed by atoms with van der Waals surface area (Å²) in [6, 6.07) is 13.0. The molecule has 0 amide bonds. The van der Waals surface area contributed by atoms with Crippen molar-refractivity contribution in [3.8, 4) is 0 Å². The average Bonchev–Trinajstić information content (AvgIpc) is 2.49. The fourth-order valence-corrected chi connectivity index (χ4v) is 3.76. The van der Waals surface area contributed by atoms with E-state index in [1.165, 1.54) is 0 Å². The third-order valence-corrected chi connectivity index (χ3v) is 6.00. The van der Waals surface area contributed by atoms with Crippen molar-refractivity contribution in [2.75, 3.05) is 21.3 Å². The van der Waals surface area contributed by atoms with E-state index in [0.29, 0.717) is 0 Å². The Morgan fingerprint density at radius 1 is 0.947 bits per heavy atom. The molecular formula is C14H19NO3Si. The van der Waals surface area contributed by atoms with E-state index in [0.717, 1.165) is 29.1 Å². The zero-order valence-electron chi connectivity index (χ0n) is 11.6. The second kappa shape index (κ2) is 6.25. The van der Waals surface area contributed by atoms with Crippen molar-refractivity contribution in [3.05, 3.63) is 42.1 Å². The fourth-order valence-electron chi connectivity index (χ4n) is 2.08. The Labute approximate surface area is 114 Å². The van der Waals surface area contributed by atoms with E-state index in [1.54, 1.807) is 21.3 Å². The maximum atomic E-state index is 5.41. The van der Waals surface area contributed by atoms with Gasteiger partial charge in [0.1, 0.15) is 0 Å². The molecule has 0 fully saturated rings. The molecule has 1 aromatic heterocycles. The highest BCUT2D eigenvalue weighted by atomic mass is 28.4. The Kier molecular flexibility index (Phi) is 4.65. The Hall–Kier alpha value is -1.27. The van der Waals surface area contributed by atoms with Crippen molar-refractivity contribution in [1.29, 1.82) is 0 Å². The van der Waals surface area contributed by atoms with Gasteiger partial charge in [0.25, 0.3) is 0 Å². The lowest BCUT2D eigenvalue weighted by Gasteiger charge is -2.24. The van der Waals surface area contributed by atoms with Crippen LogP contribution in [-0.4, -0.2) is 35.1 Å². The van der Waals surface area contributed by atoms with Gasteiger partial charge in [-0.05, 0) is 18.6 Å². The number of pyridine rings is 1. The first-order valence-electron chi connectivity index (χ1n) is 6.23. The van der Waals surface area contributed by atoms with Crippen LogP contribution in [0, 0.1) is 0 Å². The summed E-state index contributed by atoms with van der Waals surface area (Å²) in [5, 5.41) is 1.15. The SMILES string of the molecule is CO[Si](CCc1ccc2ccccc2n1)(OC)OC. The number of aromatic nitrogens is 1. The van der Waals surface area contributed by atoms with Crippen LogP contribution in [0.3, 0.4) is 0 Å². The third-order valence-electron chi connectivity index (χ3n) is 3.28. The third kappa shape index (κ3) is 3.19. The minimum Gasteiger partial charge on any atom is -0.377 e. The molecule has 2 aromatic rings. The number of fused-ring (bicyclic) bond motifs is 1. The minimum atomic E-state index is -2.51. The highest BCUT2D eigenvalue weighted by molar-refractivity contribution is 6.60. The molecule has 0 unspecified atom stereocenters. The molecule has 0 N–H and O–H groups in total. The normalized spacial score (nSPS) is 11.9. The largest absolute Gasteiger partial charge is 0.500 e. The quantitative estimate of drug-likeness (QED) is 0.761. The van der Waals surface area contributed by atoms with E-state index in [-0.39, 0.29) is 0 Å². The molecule has 102 valence electrons. The van der Waals surface area contributed by atoms with E-state index in [1.807, 2.05) is 24.3 Å². The Morgan fingerprint density at radius 3 is 2.32 bits per heavy atom. The predicted molar refractivity (Wildman–Crippen MR) is 77.0 cm³/mol. The van der Waals surface area contributed by atoms with Crippen LogP contribution in [0.4, 0.5) is 0 Å². The number of aryl methyl sites for hydroxylation is 1. The van der Waals surface area contributed by atoms with E-state index in [2.05, 4.69) is 17.1 Å². The zero-order valence-corrected chi connectivity index (χ0v) is 12.6. The van der Waals surface area contributed by atoms with E-state index in [4.69, 9.17) is 13.3 Å². The minimum absolute atomic E-state index is 0.724. The van der Waals surface area contributed by atoms with Crippen LogP contribution in [-0.2, 0) is 19.7 Å². The van der Waals surface area contributed by atoms with Crippen molar-refractivity contribution in [2.24, 2.45) is 0 Å². The summed E-state index contributed by atoms with van der Waals surface area (Å²) in [7, 11) is 2.39. The molecule has 0 aliphatic rings. The number of benzene rings is 1. The number of hydrogen-bond donors (Lipinski definition) is 0. The molecule has 0 atom stereocenters. The highest BCUT2D eigenvalue weighted by Crippen LogP contribution is 2.18. The van der Waals surface area contributed by atoms with Crippen molar-refractivity contribution >= 4 is 19.7 Å². The number of hydrogen-bond acceptors (Lipinski definition) is 4. The average molecular weight is 277 g/mol. The molecule has 0 aliphatic heterocycles. The topological polar surface area (TPSA) is 40.6 Å². The second-order valence-corrected chi connectivity index (χ2v) is 7.38. The lowest BCUT2D eigenvalue weighted by atomic mass is 10.2. The summed E-state index contributed by atoms with van der Waals surface area (Å²) >= 11 is 0. The van der Waals surface area contributed by atoms with Gasteiger partial charge in [0.05, 0.1) is 5.52 Å². The summed E-state index contributed by atoms with van der Waals surface area (Å²) in [4.78, 5) is 4.64. The molecule has 0 saturated heterocycles. The van der Waals surface area contributed by atoms with Crippen LogP contribution in [0.1, 0.15) is 5.69 Å². The molecule has 2 rings (SSSR count). The maximum absolute atomic E-state index is 5.41. The molecule has 0 saturated carbocycles. The summed E-state index contributed by atoms with van der Waals surface area (Å²) in [5.74, 6) is 0. The van der Waals surface area contributed by atoms with Crippen LogP contribution in [0.2, 0.25) is 6.04 Å². The van der Waals surface area contributed by atoms with Crippen molar-refractivity contribution in [2.45, 2.75) is 12.5 Å². The second-order valence-electron chi connectivity index (χ2n) is 4.29. The van der Waals surface area contributed by atoms with Crippen LogP contribution in [0.25, 0.3) is 10.9 Å². The molecule has 0 radical (unpaired) electrons. The van der Waals surface area contributed by atoms with Crippen molar-refractivity contribution in [1.82, 2.24) is 4.98 Å². The summed E-state index contributed by atoms with van der Waals surface area (Å²) in [5.41, 5.74) is 2.04. The van der Waals surface area contributed by atoms with Gasteiger partial charge in [-0.1, -0.05) is 24.3 Å². The summed E-state index contributed by atoms with van der Waals surface area (Å²) in [6.07, 6.45) is 0.784. The van der Waals surface area contributed by atoms with Gasteiger partial charge in [-0.25, -0.2) is 0 Å². The molecule has 19 heavy (non-hydrogen) atoms. The van der Waals surface area contributed by atoms with Gasteiger partial charge in [-0.2, -0.15) is 0 Å². The van der Waals surface area contributed by atoms with Gasteiger partial charge in [0.2, 0.25) is 0 Å². The summed E-state index contributed by atoms with van der Waals surface area (Å²) in [6.45, 7) is 0. The van der Waals surface area contributed by atoms with Crippen molar-refractivity contribution in [3.63, 3.8) is 0 Å². The first-order valence-corrected chi connectivity index (χ1v) is 8.16. The van der Waals surface area contributed by atoms with Crippen LogP contribution >= 0.6 is 0 Å². The molecule has 0 aliphatic carbocycles. The van der Waals surface area contributed by atoms with E-state index >= 15 is 0 Å². The van der Waals surface area contributed by atoms with Gasteiger partial charge in [0.15, 0.2) is 0 Å². The highest BCUT2D eigenvalue weighted by Gasteiger charge is 2.37. The lowest BCUT2D eigenvalue weighted by molar-refractivity contribution is 0.123. The first kappa shape index (κ1) is 14.1. The zero-order chi connectivity index (χ0) is 13.7. The van der Waals surface area contributed by atoms with Gasteiger partial charge in [-0.3, -0.25) is 4.98 Å². The molecule has 4 nitrogen and oxygen atoms in total. The number of nitrogens with zero attached hydrogens (tertiary/aromatic N) is 1. The lowest BCUT2D eigenvalue weighted by Crippen LogP contribution is -2.43. The Morgan fingerprint density at radius 2 is 1.63 bits per heavy atom. The van der Waals surface area contributed by atoms with Gasteiger partial charge in [0, 0.05) is 38.5 Å². The monoisotopic (exact) mass is 277 g/mol. The van der Waals surface area contributed by atoms with Crippen LogP contribution < -0.4 is 0 Å². The van der Waals surface area contributed by atoms with Crippen LogP contribution in [0.5, 0.6) is 0 Å². The predicted octanol–water partition coefficient (Wildman–Crippen LogP) is 2.66.